The van der Waals surface area contributed by atoms with Crippen molar-refractivity contribution in [3.8, 4) is 23.1 Å². The van der Waals surface area contributed by atoms with Crippen molar-refractivity contribution in [1.82, 2.24) is 19.9 Å². The third-order valence-corrected chi connectivity index (χ3v) is 5.42. The van der Waals surface area contributed by atoms with Crippen molar-refractivity contribution < 1.29 is 14.3 Å². The van der Waals surface area contributed by atoms with Gasteiger partial charge in [0.1, 0.15) is 5.82 Å². The second-order valence-electron chi connectivity index (χ2n) is 7.05. The number of ether oxygens (including phenoxy) is 2. The van der Waals surface area contributed by atoms with E-state index in [1.54, 1.807) is 43.6 Å². The van der Waals surface area contributed by atoms with E-state index >= 15 is 0 Å². The molecule has 0 saturated carbocycles. The van der Waals surface area contributed by atoms with Crippen molar-refractivity contribution >= 4 is 11.7 Å². The molecule has 3 heterocycles. The highest BCUT2D eigenvalue weighted by atomic mass is 16.5. The molecule has 0 bridgehead atoms. The Morgan fingerprint density at radius 3 is 2.30 bits per heavy atom. The molecule has 3 aromatic rings. The molecule has 0 aliphatic carbocycles. The van der Waals surface area contributed by atoms with Crippen LogP contribution in [-0.4, -0.2) is 40.1 Å². The number of aryl methyl sites for hydroxylation is 1. The van der Waals surface area contributed by atoms with E-state index < -0.39 is 0 Å². The number of benzene rings is 1. The van der Waals surface area contributed by atoms with Crippen LogP contribution in [0.2, 0.25) is 0 Å². The first-order chi connectivity index (χ1) is 14.5. The molecule has 2 aromatic heterocycles. The number of hydrogen-bond acceptors (Lipinski definition) is 7. The van der Waals surface area contributed by atoms with Crippen LogP contribution in [-0.2, 0) is 0 Å². The van der Waals surface area contributed by atoms with Crippen LogP contribution < -0.4 is 14.4 Å². The Hall–Kier alpha value is -3.55. The second-order valence-corrected chi connectivity index (χ2v) is 7.05. The highest BCUT2D eigenvalue weighted by Gasteiger charge is 2.40. The Morgan fingerprint density at radius 2 is 1.67 bits per heavy atom. The Bertz CT molecular complexity index is 1120. The minimum absolute atomic E-state index is 0.126. The quantitative estimate of drug-likeness (QED) is 0.639. The second kappa shape index (κ2) is 7.70. The first-order valence-corrected chi connectivity index (χ1v) is 9.72. The van der Waals surface area contributed by atoms with E-state index in [1.807, 2.05) is 26.8 Å². The zero-order valence-electron chi connectivity index (χ0n) is 17.6. The van der Waals surface area contributed by atoms with Gasteiger partial charge in [0, 0.05) is 29.2 Å². The van der Waals surface area contributed by atoms with Gasteiger partial charge in [0.05, 0.1) is 20.3 Å². The van der Waals surface area contributed by atoms with Crippen LogP contribution in [0.15, 0.2) is 30.6 Å². The summed E-state index contributed by atoms with van der Waals surface area (Å²) in [5.41, 5.74) is 3.10. The molecule has 8 nitrogen and oxygen atoms in total. The zero-order valence-corrected chi connectivity index (χ0v) is 17.6. The Morgan fingerprint density at radius 1 is 1.00 bits per heavy atom. The van der Waals surface area contributed by atoms with Crippen molar-refractivity contribution in [2.24, 2.45) is 0 Å². The molecule has 1 aliphatic heterocycles. The van der Waals surface area contributed by atoms with E-state index in [4.69, 9.17) is 14.5 Å². The third-order valence-electron chi connectivity index (χ3n) is 5.42. The molecule has 154 valence electrons. The zero-order chi connectivity index (χ0) is 21.4. The largest absolute Gasteiger partial charge is 0.493 e. The maximum Gasteiger partial charge on any atom is 0.260 e. The number of amides is 1. The van der Waals surface area contributed by atoms with Gasteiger partial charge in [-0.25, -0.2) is 19.9 Å². The van der Waals surface area contributed by atoms with Crippen molar-refractivity contribution in [3.05, 3.63) is 53.0 Å². The molecule has 1 aliphatic rings. The predicted molar refractivity (Wildman–Crippen MR) is 112 cm³/mol. The highest BCUT2D eigenvalue weighted by molar-refractivity contribution is 6.11. The molecule has 0 spiro atoms. The lowest BCUT2D eigenvalue weighted by Gasteiger charge is -2.25. The minimum Gasteiger partial charge on any atom is -0.493 e. The number of hydrogen-bond donors (Lipinski definition) is 0. The SMILES string of the molecule is CC[C@@H]1c2cc(OC)c(OC)cc2C(=O)N1c1nc(-c2ncccn2)nc(C)c1C. The number of carbonyl (C=O) groups excluding carboxylic acids is 1. The Labute approximate surface area is 174 Å². The fraction of sp³-hybridized carbons (Fsp3) is 0.318. The first kappa shape index (κ1) is 19.8. The Balaban J connectivity index is 1.88. The number of methoxy groups -OCH3 is 2. The number of carbonyl (C=O) groups is 1. The summed E-state index contributed by atoms with van der Waals surface area (Å²) in [7, 11) is 3.15. The normalized spacial score (nSPS) is 15.3. The summed E-state index contributed by atoms with van der Waals surface area (Å²) >= 11 is 0. The van der Waals surface area contributed by atoms with Crippen LogP contribution in [0, 0.1) is 13.8 Å². The van der Waals surface area contributed by atoms with E-state index in [-0.39, 0.29) is 11.9 Å². The number of rotatable bonds is 5. The van der Waals surface area contributed by atoms with E-state index in [9.17, 15) is 4.79 Å². The van der Waals surface area contributed by atoms with Crippen LogP contribution in [0.5, 0.6) is 11.5 Å². The smallest absolute Gasteiger partial charge is 0.260 e. The average Bonchev–Trinajstić information content (AvgIpc) is 3.05. The van der Waals surface area contributed by atoms with Crippen molar-refractivity contribution in [1.29, 1.82) is 0 Å². The molecule has 0 fully saturated rings. The van der Waals surface area contributed by atoms with Gasteiger partial charge in [0.25, 0.3) is 5.91 Å². The van der Waals surface area contributed by atoms with E-state index in [0.29, 0.717) is 40.9 Å². The molecule has 1 aromatic carbocycles. The molecule has 0 radical (unpaired) electrons. The molecule has 0 saturated heterocycles. The predicted octanol–water partition coefficient (Wildman–Crippen LogP) is 3.68. The van der Waals surface area contributed by atoms with Gasteiger partial charge >= 0.3 is 0 Å². The number of fused-ring (bicyclic) bond motifs is 1. The van der Waals surface area contributed by atoms with Gasteiger partial charge in [0.2, 0.25) is 0 Å². The van der Waals surface area contributed by atoms with E-state index in [2.05, 4.69) is 15.0 Å². The standard InChI is InChI=1S/C22H23N5O3/c1-6-16-14-10-17(29-4)18(30-5)11-15(14)22(28)27(16)21-12(2)13(3)25-20(26-21)19-23-8-7-9-24-19/h7-11,16H,6H2,1-5H3/t16-/m1/s1. The molecule has 8 heteroatoms. The topological polar surface area (TPSA) is 90.3 Å². The summed E-state index contributed by atoms with van der Waals surface area (Å²) < 4.78 is 10.9. The molecule has 1 amide bonds. The van der Waals surface area contributed by atoms with Gasteiger partial charge in [0.15, 0.2) is 23.1 Å². The van der Waals surface area contributed by atoms with E-state index in [0.717, 1.165) is 16.8 Å². The number of aromatic nitrogens is 4. The summed E-state index contributed by atoms with van der Waals surface area (Å²) in [5, 5.41) is 0. The van der Waals surface area contributed by atoms with Crippen LogP contribution in [0.25, 0.3) is 11.6 Å². The molecular formula is C22H23N5O3. The average molecular weight is 405 g/mol. The monoisotopic (exact) mass is 405 g/mol. The van der Waals surface area contributed by atoms with E-state index in [1.165, 1.54) is 0 Å². The maximum absolute atomic E-state index is 13.5. The fourth-order valence-corrected chi connectivity index (χ4v) is 3.78. The van der Waals surface area contributed by atoms with Crippen LogP contribution >= 0.6 is 0 Å². The number of nitrogens with zero attached hydrogens (tertiary/aromatic N) is 5. The lowest BCUT2D eigenvalue weighted by atomic mass is 10.0. The fourth-order valence-electron chi connectivity index (χ4n) is 3.78. The van der Waals surface area contributed by atoms with Crippen LogP contribution in [0.4, 0.5) is 5.82 Å². The van der Waals surface area contributed by atoms with Gasteiger partial charge in [-0.2, -0.15) is 0 Å². The molecule has 0 N–H and O–H groups in total. The summed E-state index contributed by atoms with van der Waals surface area (Å²) in [6, 6.07) is 5.18. The Kier molecular flexibility index (Phi) is 5.07. The summed E-state index contributed by atoms with van der Waals surface area (Å²) in [6.45, 7) is 5.86. The molecule has 1 atom stereocenters. The van der Waals surface area contributed by atoms with Gasteiger partial charge in [-0.05, 0) is 44.0 Å². The maximum atomic E-state index is 13.5. The third kappa shape index (κ3) is 3.04. The van der Waals surface area contributed by atoms with Crippen LogP contribution in [0.1, 0.15) is 46.6 Å². The van der Waals surface area contributed by atoms with Gasteiger partial charge < -0.3 is 9.47 Å². The molecule has 30 heavy (non-hydrogen) atoms. The lowest BCUT2D eigenvalue weighted by Crippen LogP contribution is -2.29. The highest BCUT2D eigenvalue weighted by Crippen LogP contribution is 2.44. The first-order valence-electron chi connectivity index (χ1n) is 9.72. The van der Waals surface area contributed by atoms with Gasteiger partial charge in [-0.1, -0.05) is 6.92 Å². The van der Waals surface area contributed by atoms with Crippen molar-refractivity contribution in [2.75, 3.05) is 19.1 Å². The van der Waals surface area contributed by atoms with Gasteiger partial charge in [-0.15, -0.1) is 0 Å². The molecule has 0 unspecified atom stereocenters. The number of anilines is 1. The van der Waals surface area contributed by atoms with Crippen LogP contribution in [0.3, 0.4) is 0 Å². The summed E-state index contributed by atoms with van der Waals surface area (Å²) in [5.74, 6) is 2.37. The molecule has 4 rings (SSSR count). The lowest BCUT2D eigenvalue weighted by molar-refractivity contribution is 0.0989. The minimum atomic E-state index is -0.176. The van der Waals surface area contributed by atoms with Gasteiger partial charge in [-0.3, -0.25) is 9.69 Å². The molecular weight excluding hydrogens is 382 g/mol. The van der Waals surface area contributed by atoms with Crippen molar-refractivity contribution in [2.45, 2.75) is 33.2 Å². The summed E-state index contributed by atoms with van der Waals surface area (Å²) in [6.07, 6.45) is 4.00. The van der Waals surface area contributed by atoms with Crippen molar-refractivity contribution in [3.63, 3.8) is 0 Å². The summed E-state index contributed by atoms with van der Waals surface area (Å²) in [4.78, 5) is 33.0.